The first-order chi connectivity index (χ1) is 15.0. The summed E-state index contributed by atoms with van der Waals surface area (Å²) in [5.41, 5.74) is 11.6. The second-order valence-corrected chi connectivity index (χ2v) is 7.51. The van der Waals surface area contributed by atoms with Crippen LogP contribution in [-0.2, 0) is 9.59 Å². The van der Waals surface area contributed by atoms with Crippen molar-refractivity contribution in [3.05, 3.63) is 77.0 Å². The third-order valence-corrected chi connectivity index (χ3v) is 5.25. The predicted molar refractivity (Wildman–Crippen MR) is 118 cm³/mol. The lowest BCUT2D eigenvalue weighted by Gasteiger charge is -2.16. The van der Waals surface area contributed by atoms with Crippen molar-refractivity contribution in [2.75, 3.05) is 6.61 Å². The Morgan fingerprint density at radius 2 is 1.61 bits per heavy atom. The number of hydrogen-bond acceptors (Lipinski definition) is 5. The summed E-state index contributed by atoms with van der Waals surface area (Å²) in [6.45, 7) is -0.280. The third kappa shape index (κ3) is 6.58. The molecule has 0 spiro atoms. The number of thiophene rings is 1. The minimum Gasteiger partial charge on any atom is -0.483 e. The molecule has 160 valence electrons. The predicted octanol–water partition coefficient (Wildman–Crippen LogP) is 2.74. The minimum absolute atomic E-state index is 0.0819. The summed E-state index contributed by atoms with van der Waals surface area (Å²) in [4.78, 5) is 36.3. The zero-order valence-corrected chi connectivity index (χ0v) is 17.4. The first kappa shape index (κ1) is 21.8. The average molecular weight is 439 g/mol. The van der Waals surface area contributed by atoms with Crippen LogP contribution in [0.25, 0.3) is 11.1 Å². The van der Waals surface area contributed by atoms with Gasteiger partial charge in [0.1, 0.15) is 5.75 Å². The summed E-state index contributed by atoms with van der Waals surface area (Å²) in [5, 5.41) is 4.35. The molecule has 9 heteroatoms. The number of carbonyl (C=O) groups excluding carboxylic acids is 3. The summed E-state index contributed by atoms with van der Waals surface area (Å²) in [5.74, 6) is -0.449. The van der Waals surface area contributed by atoms with Gasteiger partial charge in [0.15, 0.2) is 6.61 Å². The van der Waals surface area contributed by atoms with Crippen LogP contribution in [0.15, 0.2) is 72.1 Å². The number of amides is 4. The number of para-hydroxylation sites is 1. The van der Waals surface area contributed by atoms with Gasteiger partial charge in [-0.2, -0.15) is 0 Å². The molecule has 1 unspecified atom stereocenters. The van der Waals surface area contributed by atoms with E-state index in [2.05, 4.69) is 16.2 Å². The lowest BCUT2D eigenvalue weighted by molar-refractivity contribution is -0.130. The Kier molecular flexibility index (Phi) is 7.61. The van der Waals surface area contributed by atoms with E-state index in [0.29, 0.717) is 5.75 Å². The number of rotatable bonds is 8. The van der Waals surface area contributed by atoms with Gasteiger partial charge in [-0.05, 0) is 23.1 Å². The highest BCUT2D eigenvalue weighted by atomic mass is 32.1. The first-order valence-electron chi connectivity index (χ1n) is 9.47. The van der Waals surface area contributed by atoms with E-state index in [-0.39, 0.29) is 13.0 Å². The molecule has 0 saturated heterocycles. The fourth-order valence-corrected chi connectivity index (χ4v) is 3.67. The van der Waals surface area contributed by atoms with Crippen molar-refractivity contribution >= 4 is 29.2 Å². The number of ether oxygens (including phenoxy) is 1. The normalized spacial score (nSPS) is 11.2. The fourth-order valence-electron chi connectivity index (χ4n) is 2.89. The van der Waals surface area contributed by atoms with Crippen molar-refractivity contribution in [3.63, 3.8) is 0 Å². The molecule has 1 heterocycles. The maximum absolute atomic E-state index is 12.2. The molecule has 3 rings (SSSR count). The van der Waals surface area contributed by atoms with Gasteiger partial charge < -0.3 is 15.8 Å². The molecule has 0 aliphatic carbocycles. The monoisotopic (exact) mass is 438 g/mol. The molecule has 0 aliphatic heterocycles. The van der Waals surface area contributed by atoms with Crippen molar-refractivity contribution in [2.45, 2.75) is 12.5 Å². The number of primary amides is 1. The van der Waals surface area contributed by atoms with E-state index in [0.717, 1.165) is 16.0 Å². The first-order valence-corrected chi connectivity index (χ1v) is 10.3. The van der Waals surface area contributed by atoms with Gasteiger partial charge in [0.2, 0.25) is 5.91 Å². The van der Waals surface area contributed by atoms with Crippen LogP contribution >= 0.6 is 11.3 Å². The summed E-state index contributed by atoms with van der Waals surface area (Å²) in [7, 11) is 0. The maximum Gasteiger partial charge on any atom is 0.312 e. The van der Waals surface area contributed by atoms with E-state index in [1.54, 1.807) is 18.2 Å². The average Bonchev–Trinajstić information content (AvgIpc) is 3.31. The Balaban J connectivity index is 1.51. The second kappa shape index (κ2) is 10.8. The highest BCUT2D eigenvalue weighted by Crippen LogP contribution is 2.29. The largest absolute Gasteiger partial charge is 0.483 e. The van der Waals surface area contributed by atoms with E-state index in [4.69, 9.17) is 10.5 Å². The molecule has 31 heavy (non-hydrogen) atoms. The molecule has 0 saturated carbocycles. The Labute approximate surface area is 183 Å². The molecular formula is C22H22N4O4S. The van der Waals surface area contributed by atoms with Crippen molar-refractivity contribution in [3.8, 4) is 16.9 Å². The Morgan fingerprint density at radius 1 is 0.903 bits per heavy atom. The van der Waals surface area contributed by atoms with E-state index in [1.807, 2.05) is 53.9 Å². The van der Waals surface area contributed by atoms with Gasteiger partial charge in [-0.1, -0.05) is 54.6 Å². The Morgan fingerprint density at radius 3 is 2.32 bits per heavy atom. The standard InChI is InChI=1S/C22H22N4O4S/c23-22(29)24-17(19-11-6-12-31-19)13-20(27)25-26-21(28)14-30-18-10-5-4-9-16(18)15-7-2-1-3-8-15/h1-12,17H,13-14H2,(H,25,27)(H,26,28)(H3,23,24,29). The van der Waals surface area contributed by atoms with Crippen LogP contribution in [-0.4, -0.2) is 24.5 Å². The summed E-state index contributed by atoms with van der Waals surface area (Å²) < 4.78 is 5.64. The van der Waals surface area contributed by atoms with Gasteiger partial charge in [-0.15, -0.1) is 11.3 Å². The highest BCUT2D eigenvalue weighted by Gasteiger charge is 2.19. The van der Waals surface area contributed by atoms with Gasteiger partial charge >= 0.3 is 6.03 Å². The SMILES string of the molecule is NC(=O)NC(CC(=O)NNC(=O)COc1ccccc1-c1ccccc1)c1cccs1. The van der Waals surface area contributed by atoms with Crippen LogP contribution in [0.4, 0.5) is 4.79 Å². The van der Waals surface area contributed by atoms with Crippen molar-refractivity contribution < 1.29 is 19.1 Å². The number of carbonyl (C=O) groups is 3. The lowest BCUT2D eigenvalue weighted by Crippen LogP contribution is -2.45. The smallest absolute Gasteiger partial charge is 0.312 e. The molecule has 1 aromatic heterocycles. The zero-order valence-electron chi connectivity index (χ0n) is 16.5. The molecule has 2 aromatic carbocycles. The van der Waals surface area contributed by atoms with Crippen LogP contribution in [0.2, 0.25) is 0 Å². The zero-order chi connectivity index (χ0) is 22.1. The van der Waals surface area contributed by atoms with Crippen LogP contribution < -0.4 is 26.6 Å². The molecule has 3 aromatic rings. The number of nitrogens with one attached hydrogen (secondary N) is 3. The Bertz CT molecular complexity index is 1030. The topological polar surface area (TPSA) is 123 Å². The molecule has 0 fully saturated rings. The van der Waals surface area contributed by atoms with Gasteiger partial charge in [-0.3, -0.25) is 20.4 Å². The van der Waals surface area contributed by atoms with Crippen molar-refractivity contribution in [1.29, 1.82) is 0 Å². The molecule has 8 nitrogen and oxygen atoms in total. The number of hydrogen-bond donors (Lipinski definition) is 4. The molecule has 0 bridgehead atoms. The molecular weight excluding hydrogens is 416 g/mol. The van der Waals surface area contributed by atoms with Gasteiger partial charge in [0.25, 0.3) is 5.91 Å². The molecule has 0 aliphatic rings. The number of nitrogens with two attached hydrogens (primary N) is 1. The summed E-state index contributed by atoms with van der Waals surface area (Å²) in [6, 6.07) is 19.3. The second-order valence-electron chi connectivity index (χ2n) is 6.53. The molecule has 1 atom stereocenters. The number of hydrazine groups is 1. The van der Waals surface area contributed by atoms with E-state index >= 15 is 0 Å². The molecule has 0 radical (unpaired) electrons. The van der Waals surface area contributed by atoms with E-state index in [1.165, 1.54) is 11.3 Å². The van der Waals surface area contributed by atoms with Crippen molar-refractivity contribution in [1.82, 2.24) is 16.2 Å². The van der Waals surface area contributed by atoms with E-state index < -0.39 is 23.9 Å². The van der Waals surface area contributed by atoms with Crippen LogP contribution in [0.1, 0.15) is 17.3 Å². The highest BCUT2D eigenvalue weighted by molar-refractivity contribution is 7.10. The summed E-state index contributed by atoms with van der Waals surface area (Å²) in [6.07, 6.45) is -0.0819. The van der Waals surface area contributed by atoms with Crippen LogP contribution in [0, 0.1) is 0 Å². The molecule has 4 amide bonds. The van der Waals surface area contributed by atoms with Gasteiger partial charge in [0, 0.05) is 10.4 Å². The van der Waals surface area contributed by atoms with Crippen LogP contribution in [0.3, 0.4) is 0 Å². The van der Waals surface area contributed by atoms with Crippen molar-refractivity contribution in [2.24, 2.45) is 5.73 Å². The Hall–Kier alpha value is -3.85. The van der Waals surface area contributed by atoms with Crippen LogP contribution in [0.5, 0.6) is 5.75 Å². The fraction of sp³-hybridized carbons (Fsp3) is 0.136. The quantitative estimate of drug-likeness (QED) is 0.404. The number of urea groups is 1. The molecule has 5 N–H and O–H groups in total. The minimum atomic E-state index is -0.735. The maximum atomic E-state index is 12.2. The van der Waals surface area contributed by atoms with Gasteiger partial charge in [-0.25, -0.2) is 4.79 Å². The van der Waals surface area contributed by atoms with Gasteiger partial charge in [0.05, 0.1) is 12.5 Å². The third-order valence-electron chi connectivity index (χ3n) is 4.26. The lowest BCUT2D eigenvalue weighted by atomic mass is 10.1. The summed E-state index contributed by atoms with van der Waals surface area (Å²) >= 11 is 1.39. The van der Waals surface area contributed by atoms with E-state index in [9.17, 15) is 14.4 Å². The number of benzene rings is 2.